The minimum absolute atomic E-state index is 0.0261. The van der Waals surface area contributed by atoms with E-state index in [2.05, 4.69) is 0 Å². The fraction of sp³-hybridized carbons (Fsp3) is 0.556. The van der Waals surface area contributed by atoms with E-state index < -0.39 is 34.3 Å². The van der Waals surface area contributed by atoms with Gasteiger partial charge in [-0.1, -0.05) is 0 Å². The van der Waals surface area contributed by atoms with E-state index >= 15 is 0 Å². The summed E-state index contributed by atoms with van der Waals surface area (Å²) < 4.78 is 45.4. The molecule has 2 saturated heterocycles. The average molecular weight is 370 g/mol. The lowest BCUT2D eigenvalue weighted by Gasteiger charge is -2.39. The normalized spacial score (nSPS) is 23.2. The van der Waals surface area contributed by atoms with Crippen LogP contribution in [0, 0.1) is 22.9 Å². The number of piperidine rings is 1. The van der Waals surface area contributed by atoms with Gasteiger partial charge in [0.15, 0.2) is 11.6 Å². The SMILES string of the molecule is COCCN1CCC[C@@]2(CCN(C(=O)c3cc(F)c(F)cc3F)C2)C1=O. The van der Waals surface area contributed by atoms with Crippen molar-refractivity contribution in [2.24, 2.45) is 5.41 Å². The predicted octanol–water partition coefficient (Wildman–Crippen LogP) is 2.21. The van der Waals surface area contributed by atoms with Gasteiger partial charge < -0.3 is 14.5 Å². The van der Waals surface area contributed by atoms with Gasteiger partial charge in [-0.2, -0.15) is 0 Å². The zero-order chi connectivity index (χ0) is 18.9. The summed E-state index contributed by atoms with van der Waals surface area (Å²) in [5, 5.41) is 0. The number of rotatable bonds is 4. The second-order valence-electron chi connectivity index (χ2n) is 6.89. The van der Waals surface area contributed by atoms with Crippen LogP contribution in [0.5, 0.6) is 0 Å². The third-order valence-corrected chi connectivity index (χ3v) is 5.27. The molecule has 2 heterocycles. The number of halogens is 3. The van der Waals surface area contributed by atoms with Crippen LogP contribution in [0.1, 0.15) is 29.6 Å². The first-order valence-corrected chi connectivity index (χ1v) is 8.60. The molecule has 2 fully saturated rings. The highest BCUT2D eigenvalue weighted by Crippen LogP contribution is 2.40. The van der Waals surface area contributed by atoms with Crippen molar-refractivity contribution >= 4 is 11.8 Å². The molecule has 2 aliphatic rings. The molecule has 5 nitrogen and oxygen atoms in total. The number of hydrogen-bond donors (Lipinski definition) is 0. The zero-order valence-electron chi connectivity index (χ0n) is 14.6. The molecule has 0 aromatic heterocycles. The molecule has 2 aliphatic heterocycles. The van der Waals surface area contributed by atoms with Crippen LogP contribution in [-0.2, 0) is 9.53 Å². The number of methoxy groups -OCH3 is 1. The van der Waals surface area contributed by atoms with Crippen molar-refractivity contribution in [2.45, 2.75) is 19.3 Å². The Morgan fingerprint density at radius 3 is 2.62 bits per heavy atom. The fourth-order valence-corrected chi connectivity index (χ4v) is 3.85. The minimum Gasteiger partial charge on any atom is -0.383 e. The van der Waals surface area contributed by atoms with Crippen LogP contribution in [0.3, 0.4) is 0 Å². The number of hydrogen-bond acceptors (Lipinski definition) is 3. The first-order valence-electron chi connectivity index (χ1n) is 8.60. The maximum absolute atomic E-state index is 13.9. The van der Waals surface area contributed by atoms with E-state index in [4.69, 9.17) is 4.74 Å². The highest BCUT2D eigenvalue weighted by Gasteiger charge is 2.49. The van der Waals surface area contributed by atoms with Gasteiger partial charge in [0.2, 0.25) is 5.91 Å². The monoisotopic (exact) mass is 370 g/mol. The molecule has 1 spiro atoms. The Kier molecular flexibility index (Phi) is 5.22. The van der Waals surface area contributed by atoms with Crippen LogP contribution >= 0.6 is 0 Å². The van der Waals surface area contributed by atoms with Crippen LogP contribution in [0.25, 0.3) is 0 Å². The molecule has 1 aromatic rings. The summed E-state index contributed by atoms with van der Waals surface area (Å²) in [6.07, 6.45) is 1.95. The molecule has 0 radical (unpaired) electrons. The van der Waals surface area contributed by atoms with E-state index in [0.717, 1.165) is 6.42 Å². The minimum atomic E-state index is -1.34. The van der Waals surface area contributed by atoms with Gasteiger partial charge in [0.1, 0.15) is 5.82 Å². The Hall–Kier alpha value is -2.09. The zero-order valence-corrected chi connectivity index (χ0v) is 14.6. The molecule has 0 unspecified atom stereocenters. The summed E-state index contributed by atoms with van der Waals surface area (Å²) in [6.45, 7) is 2.01. The number of carbonyl (C=O) groups excluding carboxylic acids is 2. The summed E-state index contributed by atoms with van der Waals surface area (Å²) in [6, 6.07) is 0.943. The molecule has 1 aromatic carbocycles. The van der Waals surface area contributed by atoms with Gasteiger partial charge in [-0.25, -0.2) is 13.2 Å². The topological polar surface area (TPSA) is 49.9 Å². The molecule has 0 N–H and O–H groups in total. The highest BCUT2D eigenvalue weighted by molar-refractivity contribution is 5.95. The van der Waals surface area contributed by atoms with E-state index in [1.165, 1.54) is 4.90 Å². The van der Waals surface area contributed by atoms with Crippen molar-refractivity contribution < 1.29 is 27.5 Å². The summed E-state index contributed by atoms with van der Waals surface area (Å²) in [5.41, 5.74) is -1.20. The smallest absolute Gasteiger partial charge is 0.256 e. The molecule has 3 rings (SSSR count). The van der Waals surface area contributed by atoms with Crippen LogP contribution in [0.15, 0.2) is 12.1 Å². The van der Waals surface area contributed by atoms with Gasteiger partial charge in [-0.3, -0.25) is 9.59 Å². The summed E-state index contributed by atoms with van der Waals surface area (Å²) in [4.78, 5) is 28.5. The van der Waals surface area contributed by atoms with Gasteiger partial charge in [-0.15, -0.1) is 0 Å². The molecule has 2 amide bonds. The molecule has 0 saturated carbocycles. The Bertz CT molecular complexity index is 728. The quantitative estimate of drug-likeness (QED) is 0.764. The van der Waals surface area contributed by atoms with Crippen LogP contribution in [-0.4, -0.2) is 61.5 Å². The van der Waals surface area contributed by atoms with E-state index in [-0.39, 0.29) is 19.0 Å². The van der Waals surface area contributed by atoms with Crippen LogP contribution in [0.2, 0.25) is 0 Å². The number of ether oxygens (including phenoxy) is 1. The first-order chi connectivity index (χ1) is 12.4. The molecule has 0 aliphatic carbocycles. The number of benzene rings is 1. The second-order valence-corrected chi connectivity index (χ2v) is 6.89. The Balaban J connectivity index is 1.76. The van der Waals surface area contributed by atoms with Crippen molar-refractivity contribution in [1.29, 1.82) is 0 Å². The van der Waals surface area contributed by atoms with Crippen molar-refractivity contribution in [3.8, 4) is 0 Å². The van der Waals surface area contributed by atoms with Crippen molar-refractivity contribution in [2.75, 3.05) is 39.9 Å². The van der Waals surface area contributed by atoms with Crippen LogP contribution in [0.4, 0.5) is 13.2 Å². The highest BCUT2D eigenvalue weighted by atomic mass is 19.2. The van der Waals surface area contributed by atoms with Crippen LogP contribution < -0.4 is 0 Å². The molecule has 8 heteroatoms. The number of nitrogens with zero attached hydrogens (tertiary/aromatic N) is 2. The molecular formula is C18H21F3N2O3. The van der Waals surface area contributed by atoms with E-state index in [1.54, 1.807) is 12.0 Å². The van der Waals surface area contributed by atoms with Gasteiger partial charge in [0.05, 0.1) is 17.6 Å². The van der Waals surface area contributed by atoms with Gasteiger partial charge in [0, 0.05) is 39.4 Å². The number of amides is 2. The van der Waals surface area contributed by atoms with Gasteiger partial charge in [-0.05, 0) is 25.3 Å². The summed E-state index contributed by atoms with van der Waals surface area (Å²) >= 11 is 0. The Labute approximate surface area is 149 Å². The van der Waals surface area contributed by atoms with E-state index in [0.29, 0.717) is 44.7 Å². The lowest BCUT2D eigenvalue weighted by Crippen LogP contribution is -2.51. The van der Waals surface area contributed by atoms with Crippen molar-refractivity contribution in [1.82, 2.24) is 9.80 Å². The van der Waals surface area contributed by atoms with Crippen molar-refractivity contribution in [3.05, 3.63) is 35.1 Å². The third-order valence-electron chi connectivity index (χ3n) is 5.27. The Morgan fingerprint density at radius 1 is 1.15 bits per heavy atom. The molecule has 0 bridgehead atoms. The third kappa shape index (κ3) is 3.30. The van der Waals surface area contributed by atoms with E-state index in [9.17, 15) is 22.8 Å². The van der Waals surface area contributed by atoms with E-state index in [1.807, 2.05) is 0 Å². The Morgan fingerprint density at radius 2 is 1.88 bits per heavy atom. The second kappa shape index (κ2) is 7.26. The van der Waals surface area contributed by atoms with Crippen molar-refractivity contribution in [3.63, 3.8) is 0 Å². The van der Waals surface area contributed by atoms with Gasteiger partial charge in [0.25, 0.3) is 5.91 Å². The van der Waals surface area contributed by atoms with Gasteiger partial charge >= 0.3 is 0 Å². The molecular weight excluding hydrogens is 349 g/mol. The first kappa shape index (κ1) is 18.7. The summed E-state index contributed by atoms with van der Waals surface area (Å²) in [7, 11) is 1.57. The maximum Gasteiger partial charge on any atom is 0.256 e. The summed E-state index contributed by atoms with van der Waals surface area (Å²) in [5.74, 6) is -4.47. The lowest BCUT2D eigenvalue weighted by atomic mass is 9.78. The fourth-order valence-electron chi connectivity index (χ4n) is 3.85. The molecule has 142 valence electrons. The average Bonchev–Trinajstić information content (AvgIpc) is 3.04. The molecule has 1 atom stereocenters. The number of likely N-dealkylation sites (tertiary alicyclic amines) is 2. The maximum atomic E-state index is 13.9. The molecule has 26 heavy (non-hydrogen) atoms. The predicted molar refractivity (Wildman–Crippen MR) is 87.0 cm³/mol. The standard InChI is InChI=1S/C18H21F3N2O3/c1-26-8-7-22-5-2-3-18(17(22)25)4-6-23(11-18)16(24)12-9-14(20)15(21)10-13(12)19/h9-10H,2-8,11H2,1H3/t18-/m0/s1. The lowest BCUT2D eigenvalue weighted by molar-refractivity contribution is -0.146. The largest absolute Gasteiger partial charge is 0.383 e. The number of carbonyl (C=O) groups is 2.